The van der Waals surface area contributed by atoms with Gasteiger partial charge < -0.3 is 31.2 Å². The molecule has 0 bridgehead atoms. The molecule has 0 saturated heterocycles. The number of nitrogen functional groups attached to an aromatic ring is 1. The largest absolute Gasteiger partial charge is 0.493 e. The number of nitrogens with one attached hydrogen (secondary N) is 1. The summed E-state index contributed by atoms with van der Waals surface area (Å²) in [4.78, 5) is 39.8. The average molecular weight is 492 g/mol. The number of benzene rings is 1. The molecular formula is C23H33N5O5S. The van der Waals surface area contributed by atoms with Gasteiger partial charge in [0.25, 0.3) is 11.8 Å². The van der Waals surface area contributed by atoms with E-state index in [1.165, 1.54) is 4.90 Å². The monoisotopic (exact) mass is 491 g/mol. The number of hydrogen-bond acceptors (Lipinski definition) is 8. The van der Waals surface area contributed by atoms with E-state index in [1.807, 2.05) is 39.8 Å². The van der Waals surface area contributed by atoms with Gasteiger partial charge in [0.15, 0.2) is 17.2 Å². The van der Waals surface area contributed by atoms with Crippen LogP contribution in [0.1, 0.15) is 59.8 Å². The number of aromatic nitrogens is 1. The molecule has 1 aromatic carbocycles. The number of primary amides is 1. The van der Waals surface area contributed by atoms with Gasteiger partial charge in [-0.3, -0.25) is 14.4 Å². The summed E-state index contributed by atoms with van der Waals surface area (Å²) in [5.41, 5.74) is 11.5. The summed E-state index contributed by atoms with van der Waals surface area (Å²) in [5.74, 6) is -0.435. The van der Waals surface area contributed by atoms with E-state index in [0.29, 0.717) is 24.3 Å². The van der Waals surface area contributed by atoms with Crippen molar-refractivity contribution in [3.8, 4) is 11.5 Å². The van der Waals surface area contributed by atoms with Crippen molar-refractivity contribution >= 4 is 34.9 Å². The second-order valence-corrected chi connectivity index (χ2v) is 9.51. The summed E-state index contributed by atoms with van der Waals surface area (Å²) in [5, 5.41) is 2.94. The van der Waals surface area contributed by atoms with Crippen LogP contribution in [-0.2, 0) is 11.2 Å². The molecule has 11 heteroatoms. The molecule has 0 aliphatic carbocycles. The van der Waals surface area contributed by atoms with Crippen LogP contribution >= 0.6 is 11.5 Å². The number of anilines is 1. The van der Waals surface area contributed by atoms with Gasteiger partial charge >= 0.3 is 0 Å². The maximum Gasteiger partial charge on any atom is 0.270 e. The first-order chi connectivity index (χ1) is 15.9. The number of carbonyl (C=O) groups excluding carboxylic acids is 3. The van der Waals surface area contributed by atoms with Crippen LogP contribution in [0, 0.1) is 0 Å². The Kier molecular flexibility index (Phi) is 8.86. The summed E-state index contributed by atoms with van der Waals surface area (Å²) >= 11 is 0.791. The lowest BCUT2D eigenvalue weighted by atomic mass is 10.0. The molecule has 1 aromatic heterocycles. The minimum absolute atomic E-state index is 0.0723. The Labute approximate surface area is 203 Å². The van der Waals surface area contributed by atoms with Crippen LogP contribution < -0.4 is 26.3 Å². The number of nitrogens with zero attached hydrogens (tertiary/aromatic N) is 2. The van der Waals surface area contributed by atoms with Crippen LogP contribution in [0.5, 0.6) is 11.5 Å². The Hall–Kier alpha value is -3.34. The van der Waals surface area contributed by atoms with Crippen LogP contribution in [0.3, 0.4) is 0 Å². The molecule has 34 heavy (non-hydrogen) atoms. The van der Waals surface area contributed by atoms with Crippen molar-refractivity contribution in [2.45, 2.75) is 52.1 Å². The molecule has 0 radical (unpaired) electrons. The molecule has 1 atom stereocenters. The number of rotatable bonds is 10. The minimum atomic E-state index is -0.817. The van der Waals surface area contributed by atoms with Crippen molar-refractivity contribution in [3.05, 3.63) is 34.3 Å². The van der Waals surface area contributed by atoms with Crippen LogP contribution in [0.2, 0.25) is 0 Å². The van der Waals surface area contributed by atoms with Crippen molar-refractivity contribution in [2.24, 2.45) is 5.73 Å². The lowest BCUT2D eigenvalue weighted by Gasteiger charge is -2.32. The van der Waals surface area contributed by atoms with Gasteiger partial charge in [-0.25, -0.2) is 0 Å². The zero-order chi connectivity index (χ0) is 25.6. The Morgan fingerprint density at radius 3 is 2.32 bits per heavy atom. The van der Waals surface area contributed by atoms with Gasteiger partial charge in [0.1, 0.15) is 10.9 Å². The lowest BCUT2D eigenvalue weighted by molar-refractivity contribution is -0.127. The SMILES string of the molecule is CC[C@@H](C(=O)NC(C)(C)C)N(CCc1ccc(OC)c(OC)c1)C(=O)c1snc(C(N)=O)c1N. The van der Waals surface area contributed by atoms with Crippen LogP contribution in [0.25, 0.3) is 0 Å². The summed E-state index contributed by atoms with van der Waals surface area (Å²) in [7, 11) is 3.10. The number of nitrogens with two attached hydrogens (primary N) is 2. The molecular weight excluding hydrogens is 458 g/mol. The van der Waals surface area contributed by atoms with E-state index in [9.17, 15) is 14.4 Å². The van der Waals surface area contributed by atoms with E-state index >= 15 is 0 Å². The van der Waals surface area contributed by atoms with E-state index in [-0.39, 0.29) is 28.7 Å². The molecule has 0 saturated carbocycles. The summed E-state index contributed by atoms with van der Waals surface area (Å²) in [6, 6.07) is 4.71. The third-order valence-corrected chi connectivity index (χ3v) is 5.92. The Morgan fingerprint density at radius 1 is 1.18 bits per heavy atom. The number of hydrogen-bond donors (Lipinski definition) is 3. The molecule has 2 aromatic rings. The van der Waals surface area contributed by atoms with Gasteiger partial charge in [0.05, 0.1) is 19.9 Å². The van der Waals surface area contributed by atoms with Gasteiger partial charge in [0, 0.05) is 12.1 Å². The highest BCUT2D eigenvalue weighted by Crippen LogP contribution is 2.29. The Bertz CT molecular complexity index is 1050. The van der Waals surface area contributed by atoms with E-state index in [0.717, 1.165) is 17.1 Å². The van der Waals surface area contributed by atoms with Crippen LogP contribution in [0.4, 0.5) is 5.69 Å². The minimum Gasteiger partial charge on any atom is -0.493 e. The highest BCUT2D eigenvalue weighted by Gasteiger charge is 2.33. The van der Waals surface area contributed by atoms with E-state index < -0.39 is 23.4 Å². The average Bonchev–Trinajstić information content (AvgIpc) is 3.16. The summed E-state index contributed by atoms with van der Waals surface area (Å²) in [6.45, 7) is 7.65. The first-order valence-corrected chi connectivity index (χ1v) is 11.6. The first kappa shape index (κ1) is 26.9. The molecule has 0 aliphatic heterocycles. The van der Waals surface area contributed by atoms with Crippen molar-refractivity contribution in [3.63, 3.8) is 0 Å². The standard InChI is InChI=1S/C23H33N5O5S/c1-7-14(21(30)26-23(2,3)4)28(22(31)19-17(24)18(20(25)29)27-34-19)11-10-13-8-9-15(32-5)16(12-13)33-6/h8-9,12,14H,7,10-11,24H2,1-6H3,(H2,25,29)(H,26,30)/t14-/m0/s1. The van der Waals surface area contributed by atoms with Gasteiger partial charge in [-0.1, -0.05) is 13.0 Å². The number of ether oxygens (including phenoxy) is 2. The highest BCUT2D eigenvalue weighted by molar-refractivity contribution is 7.09. The fraction of sp³-hybridized carbons (Fsp3) is 0.478. The lowest BCUT2D eigenvalue weighted by Crippen LogP contribution is -2.54. The molecule has 2 rings (SSSR count). The molecule has 0 spiro atoms. The van der Waals surface area contributed by atoms with Crippen LogP contribution in [0.15, 0.2) is 18.2 Å². The molecule has 0 aliphatic rings. The Morgan fingerprint density at radius 2 is 1.82 bits per heavy atom. The van der Waals surface area contributed by atoms with E-state index in [1.54, 1.807) is 20.3 Å². The first-order valence-electron chi connectivity index (χ1n) is 10.8. The summed E-state index contributed by atoms with van der Waals surface area (Å²) < 4.78 is 14.6. The Balaban J connectivity index is 2.41. The molecule has 0 unspecified atom stereocenters. The van der Waals surface area contributed by atoms with Crippen LogP contribution in [-0.4, -0.2) is 59.3 Å². The molecule has 186 valence electrons. The fourth-order valence-electron chi connectivity index (χ4n) is 3.44. The molecule has 3 amide bonds. The molecule has 0 fully saturated rings. The quantitative estimate of drug-likeness (QED) is 0.461. The number of carbonyl (C=O) groups is 3. The normalized spacial score (nSPS) is 12.1. The van der Waals surface area contributed by atoms with Crippen molar-refractivity contribution in [1.29, 1.82) is 0 Å². The topological polar surface area (TPSA) is 150 Å². The third-order valence-electron chi connectivity index (χ3n) is 5.07. The molecule has 5 N–H and O–H groups in total. The predicted octanol–water partition coefficient (Wildman–Crippen LogP) is 2.22. The third kappa shape index (κ3) is 6.37. The molecule has 10 nitrogen and oxygen atoms in total. The molecule has 1 heterocycles. The van der Waals surface area contributed by atoms with Crippen molar-refractivity contribution in [2.75, 3.05) is 26.5 Å². The van der Waals surface area contributed by atoms with Gasteiger partial charge in [-0.05, 0) is 62.8 Å². The number of methoxy groups -OCH3 is 2. The maximum atomic E-state index is 13.6. The smallest absolute Gasteiger partial charge is 0.270 e. The second-order valence-electron chi connectivity index (χ2n) is 8.74. The predicted molar refractivity (Wildman–Crippen MR) is 131 cm³/mol. The summed E-state index contributed by atoms with van der Waals surface area (Å²) in [6.07, 6.45) is 0.813. The van der Waals surface area contributed by atoms with E-state index in [4.69, 9.17) is 20.9 Å². The fourth-order valence-corrected chi connectivity index (χ4v) is 4.21. The second kappa shape index (κ2) is 11.2. The van der Waals surface area contributed by atoms with Gasteiger partial charge in [-0.2, -0.15) is 4.37 Å². The number of amides is 3. The van der Waals surface area contributed by atoms with Gasteiger partial charge in [-0.15, -0.1) is 0 Å². The zero-order valence-corrected chi connectivity index (χ0v) is 21.2. The maximum absolute atomic E-state index is 13.6. The highest BCUT2D eigenvalue weighted by atomic mass is 32.1. The van der Waals surface area contributed by atoms with Gasteiger partial charge in [0.2, 0.25) is 5.91 Å². The zero-order valence-electron chi connectivity index (χ0n) is 20.4. The van der Waals surface area contributed by atoms with E-state index in [2.05, 4.69) is 9.69 Å². The van der Waals surface area contributed by atoms with Crippen molar-refractivity contribution < 1.29 is 23.9 Å². The van der Waals surface area contributed by atoms with Crippen molar-refractivity contribution in [1.82, 2.24) is 14.6 Å².